The van der Waals surface area contributed by atoms with E-state index in [9.17, 15) is 36.2 Å². The fourth-order valence-corrected chi connectivity index (χ4v) is 5.17. The van der Waals surface area contributed by atoms with Crippen LogP contribution in [0.2, 0.25) is 0 Å². The summed E-state index contributed by atoms with van der Waals surface area (Å²) in [5.74, 6) is -0.503. The number of carbonyl (C=O) groups is 1. The number of amides is 1. The molecule has 0 aliphatic heterocycles. The van der Waals surface area contributed by atoms with Gasteiger partial charge in [0.15, 0.2) is 0 Å². The average Bonchev–Trinajstić information content (AvgIpc) is 3.29. The predicted molar refractivity (Wildman–Crippen MR) is 127 cm³/mol. The lowest BCUT2D eigenvalue weighted by molar-refractivity contribution is -0.143. The lowest BCUT2D eigenvalue weighted by Crippen LogP contribution is -2.44. The molecule has 1 aliphatic rings. The van der Waals surface area contributed by atoms with E-state index in [-0.39, 0.29) is 36.1 Å². The molecule has 10 heteroatoms. The van der Waals surface area contributed by atoms with Gasteiger partial charge in [-0.3, -0.25) is 9.69 Å². The van der Waals surface area contributed by atoms with Crippen LogP contribution in [-0.2, 0) is 30.2 Å². The van der Waals surface area contributed by atoms with E-state index in [1.807, 2.05) is 44.2 Å². The summed E-state index contributed by atoms with van der Waals surface area (Å²) in [7, 11) is 0. The normalized spacial score (nSPS) is 20.6. The van der Waals surface area contributed by atoms with Crippen molar-refractivity contribution in [2.45, 2.75) is 64.6 Å². The molecule has 1 saturated carbocycles. The summed E-state index contributed by atoms with van der Waals surface area (Å²) < 4.78 is 79.2. The first-order valence-corrected chi connectivity index (χ1v) is 12.2. The lowest BCUT2D eigenvalue weighted by Gasteiger charge is -2.34. The molecule has 0 aromatic heterocycles. The van der Waals surface area contributed by atoms with Gasteiger partial charge in [-0.05, 0) is 54.5 Å². The highest BCUT2D eigenvalue weighted by Crippen LogP contribution is 2.46. The maximum Gasteiger partial charge on any atom is 0.416 e. The van der Waals surface area contributed by atoms with E-state index in [4.69, 9.17) is 0 Å². The van der Waals surface area contributed by atoms with Gasteiger partial charge in [-0.1, -0.05) is 44.2 Å². The van der Waals surface area contributed by atoms with E-state index >= 15 is 0 Å². The van der Waals surface area contributed by atoms with Crippen molar-refractivity contribution in [3.8, 4) is 0 Å². The van der Waals surface area contributed by atoms with E-state index in [0.717, 1.165) is 5.56 Å². The van der Waals surface area contributed by atoms with Gasteiger partial charge in [0, 0.05) is 25.7 Å². The molecule has 204 valence electrons. The standard InChI is InChI=1S/C27H32F6N2O2/c1-18(2)25(9-8-23(15-25)35(10-11-36)17-19-6-4-3-5-7-19)24(37)34-16-20-12-21(26(28,29)30)14-22(13-20)27(31,32)33/h3-7,12-14,18,23,36H,8-11,15-17H2,1-2H3,(H,34,37)/t23-,25+/m1/s1. The summed E-state index contributed by atoms with van der Waals surface area (Å²) in [4.78, 5) is 15.5. The molecule has 3 rings (SSSR count). The summed E-state index contributed by atoms with van der Waals surface area (Å²) in [5.41, 5.74) is -2.86. The van der Waals surface area contributed by atoms with Crippen LogP contribution >= 0.6 is 0 Å². The van der Waals surface area contributed by atoms with Crippen LogP contribution in [-0.4, -0.2) is 35.1 Å². The summed E-state index contributed by atoms with van der Waals surface area (Å²) in [6, 6.07) is 11.0. The zero-order chi connectivity index (χ0) is 27.4. The molecule has 2 N–H and O–H groups in total. The molecule has 2 aromatic rings. The number of benzene rings is 2. The Balaban J connectivity index is 1.78. The topological polar surface area (TPSA) is 52.6 Å². The van der Waals surface area contributed by atoms with Crippen molar-refractivity contribution in [2.75, 3.05) is 13.2 Å². The molecule has 1 amide bonds. The Morgan fingerprint density at radius 3 is 2.14 bits per heavy atom. The highest BCUT2D eigenvalue weighted by molar-refractivity contribution is 5.83. The molecule has 0 saturated heterocycles. The predicted octanol–water partition coefficient (Wildman–Crippen LogP) is 6.03. The highest BCUT2D eigenvalue weighted by Gasteiger charge is 2.48. The van der Waals surface area contributed by atoms with Crippen molar-refractivity contribution in [1.29, 1.82) is 0 Å². The Bertz CT molecular complexity index is 1020. The number of hydrogen-bond donors (Lipinski definition) is 2. The number of aliphatic hydroxyl groups is 1. The van der Waals surface area contributed by atoms with Gasteiger partial charge in [0.2, 0.25) is 5.91 Å². The second kappa shape index (κ2) is 11.4. The van der Waals surface area contributed by atoms with Crippen molar-refractivity contribution in [1.82, 2.24) is 10.2 Å². The third-order valence-electron chi connectivity index (χ3n) is 7.31. The number of aliphatic hydroxyl groups excluding tert-OH is 1. The maximum atomic E-state index is 13.4. The van der Waals surface area contributed by atoms with Crippen LogP contribution in [0, 0.1) is 11.3 Å². The van der Waals surface area contributed by atoms with E-state index in [2.05, 4.69) is 10.2 Å². The van der Waals surface area contributed by atoms with Crippen LogP contribution in [0.3, 0.4) is 0 Å². The number of halogens is 6. The SMILES string of the molecule is CC(C)[C@]1(C(=O)NCc2cc(C(F)(F)F)cc(C(F)(F)F)c2)CC[C@@H](N(CCO)Cc2ccccc2)C1. The van der Waals surface area contributed by atoms with Gasteiger partial charge in [-0.2, -0.15) is 26.3 Å². The summed E-state index contributed by atoms with van der Waals surface area (Å²) in [6.07, 6.45) is -8.23. The molecule has 0 radical (unpaired) electrons. The molecular weight excluding hydrogens is 498 g/mol. The minimum Gasteiger partial charge on any atom is -0.395 e. The van der Waals surface area contributed by atoms with Crippen LogP contribution in [0.15, 0.2) is 48.5 Å². The monoisotopic (exact) mass is 530 g/mol. The van der Waals surface area contributed by atoms with Gasteiger partial charge in [-0.15, -0.1) is 0 Å². The quantitative estimate of drug-likeness (QED) is 0.390. The Morgan fingerprint density at radius 2 is 1.62 bits per heavy atom. The lowest BCUT2D eigenvalue weighted by atomic mass is 9.74. The van der Waals surface area contributed by atoms with Gasteiger partial charge in [0.05, 0.1) is 23.1 Å². The average molecular weight is 531 g/mol. The van der Waals surface area contributed by atoms with Crippen LogP contribution in [0.1, 0.15) is 55.4 Å². The Kier molecular flexibility index (Phi) is 8.95. The molecule has 4 nitrogen and oxygen atoms in total. The third kappa shape index (κ3) is 7.04. The van der Waals surface area contributed by atoms with Crippen molar-refractivity contribution >= 4 is 5.91 Å². The molecule has 0 spiro atoms. The molecule has 2 aromatic carbocycles. The molecule has 2 atom stereocenters. The van der Waals surface area contributed by atoms with Crippen molar-refractivity contribution in [2.24, 2.45) is 11.3 Å². The highest BCUT2D eigenvalue weighted by atomic mass is 19.4. The first-order chi connectivity index (χ1) is 17.3. The number of nitrogens with one attached hydrogen (secondary N) is 1. The van der Waals surface area contributed by atoms with Crippen LogP contribution in [0.5, 0.6) is 0 Å². The van der Waals surface area contributed by atoms with Crippen LogP contribution < -0.4 is 5.32 Å². The molecule has 1 aliphatic carbocycles. The maximum absolute atomic E-state index is 13.4. The number of rotatable bonds is 9. The number of nitrogens with zero attached hydrogens (tertiary/aromatic N) is 1. The summed E-state index contributed by atoms with van der Waals surface area (Å²) in [6.45, 7) is 4.28. The second-order valence-corrected chi connectivity index (χ2v) is 9.98. The minimum atomic E-state index is -4.95. The van der Waals surface area contributed by atoms with Crippen molar-refractivity contribution < 1.29 is 36.2 Å². The molecule has 1 fully saturated rings. The van der Waals surface area contributed by atoms with E-state index in [1.54, 1.807) is 0 Å². The Hall–Kier alpha value is -2.59. The smallest absolute Gasteiger partial charge is 0.395 e. The fraction of sp³-hybridized carbons (Fsp3) is 0.519. The second-order valence-electron chi connectivity index (χ2n) is 9.98. The van der Waals surface area contributed by atoms with E-state index in [0.29, 0.717) is 44.5 Å². The molecule has 0 unspecified atom stereocenters. The van der Waals surface area contributed by atoms with Gasteiger partial charge >= 0.3 is 12.4 Å². The Labute approximate surface area is 212 Å². The molecule has 37 heavy (non-hydrogen) atoms. The minimum absolute atomic E-state index is 0.00843. The van der Waals surface area contributed by atoms with Crippen LogP contribution in [0.4, 0.5) is 26.3 Å². The largest absolute Gasteiger partial charge is 0.416 e. The van der Waals surface area contributed by atoms with Crippen molar-refractivity contribution in [3.63, 3.8) is 0 Å². The number of alkyl halides is 6. The molecule has 0 bridgehead atoms. The van der Waals surface area contributed by atoms with Gasteiger partial charge in [0.25, 0.3) is 0 Å². The molecule has 0 heterocycles. The number of carbonyl (C=O) groups excluding carboxylic acids is 1. The van der Waals surface area contributed by atoms with Crippen LogP contribution in [0.25, 0.3) is 0 Å². The van der Waals surface area contributed by atoms with Gasteiger partial charge in [-0.25, -0.2) is 0 Å². The molecular formula is C27H32F6N2O2. The zero-order valence-electron chi connectivity index (χ0n) is 20.8. The zero-order valence-corrected chi connectivity index (χ0v) is 20.8. The summed E-state index contributed by atoms with van der Waals surface area (Å²) in [5, 5.41) is 12.2. The van der Waals surface area contributed by atoms with E-state index in [1.165, 1.54) is 0 Å². The van der Waals surface area contributed by atoms with Gasteiger partial charge in [0.1, 0.15) is 0 Å². The fourth-order valence-electron chi connectivity index (χ4n) is 5.17. The first kappa shape index (κ1) is 29.0. The van der Waals surface area contributed by atoms with E-state index < -0.39 is 35.4 Å². The summed E-state index contributed by atoms with van der Waals surface area (Å²) >= 11 is 0. The Morgan fingerprint density at radius 1 is 1.03 bits per heavy atom. The first-order valence-electron chi connectivity index (χ1n) is 12.2. The van der Waals surface area contributed by atoms with Crippen molar-refractivity contribution in [3.05, 3.63) is 70.8 Å². The number of hydrogen-bond acceptors (Lipinski definition) is 3. The van der Waals surface area contributed by atoms with Gasteiger partial charge < -0.3 is 10.4 Å². The third-order valence-corrected chi connectivity index (χ3v) is 7.31.